The van der Waals surface area contributed by atoms with Crippen LogP contribution < -0.4 is 0 Å². The van der Waals surface area contributed by atoms with E-state index in [0.29, 0.717) is 0 Å². The third kappa shape index (κ3) is 7.95. The predicted molar refractivity (Wildman–Crippen MR) is 178 cm³/mol. The molecule has 1 aromatic heterocycles. The van der Waals surface area contributed by atoms with Gasteiger partial charge < -0.3 is 0 Å². The van der Waals surface area contributed by atoms with Gasteiger partial charge in [0.1, 0.15) is 0 Å². The molecule has 0 N–H and O–H groups in total. The molecular formula is C38H48S. The first-order valence-corrected chi connectivity index (χ1v) is 16.5. The highest BCUT2D eigenvalue weighted by Gasteiger charge is 2.15. The van der Waals surface area contributed by atoms with Gasteiger partial charge in [0.05, 0.1) is 0 Å². The standard InChI is InChI=1S/C28H40S.C10H8/c1-4-7-8-9-10-11-12-13-14-15-18-24-23(6-3)22(5-2)21-27-28(24)25-19-16-17-20-26(25)29-27;1-2-6-10-8-4-3-7-9(10)5-1/h16-17,19-21H,4-15,18H2,1-3H3;1-8H. The first-order chi connectivity index (χ1) is 19.3. The highest BCUT2D eigenvalue weighted by Crippen LogP contribution is 2.39. The zero-order valence-electron chi connectivity index (χ0n) is 24.6. The smallest absolute Gasteiger partial charge is 0.0361 e. The van der Waals surface area contributed by atoms with Crippen molar-refractivity contribution in [1.82, 2.24) is 0 Å². The number of thiophene rings is 1. The summed E-state index contributed by atoms with van der Waals surface area (Å²) in [6.45, 7) is 6.96. The summed E-state index contributed by atoms with van der Waals surface area (Å²) in [5, 5.41) is 5.66. The zero-order chi connectivity index (χ0) is 27.3. The molecule has 0 bridgehead atoms. The maximum absolute atomic E-state index is 2.49. The Bertz CT molecular complexity index is 1360. The summed E-state index contributed by atoms with van der Waals surface area (Å²) in [7, 11) is 0. The number of hydrogen-bond acceptors (Lipinski definition) is 1. The minimum atomic E-state index is 1.15. The van der Waals surface area contributed by atoms with E-state index in [4.69, 9.17) is 0 Å². The molecule has 5 aromatic rings. The molecule has 4 aromatic carbocycles. The molecule has 39 heavy (non-hydrogen) atoms. The SMILES string of the molecule is CCCCCCCCCCCCc1c(CC)c(CC)cc2sc3ccccc3c12.c1ccc2ccccc2c1. The normalized spacial score (nSPS) is 11.3. The Morgan fingerprint density at radius 2 is 1.05 bits per heavy atom. The summed E-state index contributed by atoms with van der Waals surface area (Å²) in [5.41, 5.74) is 4.88. The molecule has 206 valence electrons. The van der Waals surface area contributed by atoms with Crippen molar-refractivity contribution in [2.45, 2.75) is 104 Å². The van der Waals surface area contributed by atoms with Crippen molar-refractivity contribution < 1.29 is 0 Å². The van der Waals surface area contributed by atoms with E-state index in [2.05, 4.69) is 99.6 Å². The number of aryl methyl sites for hydroxylation is 2. The minimum absolute atomic E-state index is 1.15. The highest BCUT2D eigenvalue weighted by molar-refractivity contribution is 7.25. The van der Waals surface area contributed by atoms with Crippen LogP contribution in [0.4, 0.5) is 0 Å². The molecule has 0 aliphatic carbocycles. The Balaban J connectivity index is 0.000000292. The van der Waals surface area contributed by atoms with Crippen LogP contribution >= 0.6 is 11.3 Å². The quantitative estimate of drug-likeness (QED) is 0.131. The van der Waals surface area contributed by atoms with Gasteiger partial charge >= 0.3 is 0 Å². The van der Waals surface area contributed by atoms with Gasteiger partial charge in [0.15, 0.2) is 0 Å². The molecule has 0 spiro atoms. The summed E-state index contributed by atoms with van der Waals surface area (Å²) >= 11 is 1.98. The average Bonchev–Trinajstić information content (AvgIpc) is 3.36. The van der Waals surface area contributed by atoms with Crippen molar-refractivity contribution in [2.24, 2.45) is 0 Å². The summed E-state index contributed by atoms with van der Waals surface area (Å²) in [4.78, 5) is 0. The third-order valence-electron chi connectivity index (χ3n) is 8.16. The number of unbranched alkanes of at least 4 members (excludes halogenated alkanes) is 9. The number of hydrogen-bond donors (Lipinski definition) is 0. The summed E-state index contributed by atoms with van der Waals surface area (Å²) in [6, 6.07) is 28.2. The van der Waals surface area contributed by atoms with Gasteiger partial charge in [-0.1, -0.05) is 145 Å². The molecule has 5 rings (SSSR count). The summed E-state index contributed by atoms with van der Waals surface area (Å²) in [6.07, 6.45) is 17.7. The van der Waals surface area contributed by atoms with Gasteiger partial charge in [-0.2, -0.15) is 0 Å². The van der Waals surface area contributed by atoms with Crippen LogP contribution in [0.15, 0.2) is 78.9 Å². The molecule has 1 heteroatoms. The van der Waals surface area contributed by atoms with Gasteiger partial charge in [0.2, 0.25) is 0 Å². The van der Waals surface area contributed by atoms with Gasteiger partial charge in [-0.25, -0.2) is 0 Å². The molecule has 0 fully saturated rings. The topological polar surface area (TPSA) is 0 Å². The zero-order valence-corrected chi connectivity index (χ0v) is 25.4. The lowest BCUT2D eigenvalue weighted by Crippen LogP contribution is -2.00. The van der Waals surface area contributed by atoms with Crippen LogP contribution in [0.25, 0.3) is 30.9 Å². The van der Waals surface area contributed by atoms with Crippen molar-refractivity contribution in [3.05, 3.63) is 95.6 Å². The molecule has 0 aliphatic rings. The van der Waals surface area contributed by atoms with E-state index in [1.165, 1.54) is 96.2 Å². The second-order valence-corrected chi connectivity index (χ2v) is 12.0. The Labute approximate surface area is 241 Å². The van der Waals surface area contributed by atoms with E-state index in [1.54, 1.807) is 22.1 Å². The predicted octanol–water partition coefficient (Wildman–Crippen LogP) is 12.5. The van der Waals surface area contributed by atoms with Crippen molar-refractivity contribution in [3.63, 3.8) is 0 Å². The monoisotopic (exact) mass is 536 g/mol. The maximum Gasteiger partial charge on any atom is 0.0361 e. The second-order valence-electron chi connectivity index (χ2n) is 11.0. The Kier molecular flexibility index (Phi) is 11.9. The molecule has 1 heterocycles. The summed E-state index contributed by atoms with van der Waals surface area (Å²) in [5.74, 6) is 0. The molecule has 0 saturated heterocycles. The summed E-state index contributed by atoms with van der Waals surface area (Å²) < 4.78 is 2.95. The van der Waals surface area contributed by atoms with Crippen molar-refractivity contribution >= 4 is 42.3 Å². The van der Waals surface area contributed by atoms with Gasteiger partial charge in [-0.3, -0.25) is 0 Å². The lowest BCUT2D eigenvalue weighted by Gasteiger charge is -2.15. The van der Waals surface area contributed by atoms with Crippen LogP contribution in [0.3, 0.4) is 0 Å². The number of rotatable bonds is 13. The lowest BCUT2D eigenvalue weighted by molar-refractivity contribution is 0.556. The van der Waals surface area contributed by atoms with E-state index in [9.17, 15) is 0 Å². The molecule has 0 aliphatic heterocycles. The van der Waals surface area contributed by atoms with E-state index in [0.717, 1.165) is 12.8 Å². The fraction of sp³-hybridized carbons (Fsp3) is 0.421. The van der Waals surface area contributed by atoms with Gasteiger partial charge in [-0.05, 0) is 65.3 Å². The van der Waals surface area contributed by atoms with E-state index in [1.807, 2.05) is 11.3 Å². The lowest BCUT2D eigenvalue weighted by atomic mass is 9.90. The Morgan fingerprint density at radius 3 is 1.62 bits per heavy atom. The molecule has 0 nitrogen and oxygen atoms in total. The molecule has 0 saturated carbocycles. The molecule has 0 radical (unpaired) electrons. The van der Waals surface area contributed by atoms with E-state index in [-0.39, 0.29) is 0 Å². The number of fused-ring (bicyclic) bond motifs is 4. The fourth-order valence-electron chi connectivity index (χ4n) is 6.02. The average molecular weight is 537 g/mol. The van der Waals surface area contributed by atoms with Crippen LogP contribution in [-0.4, -0.2) is 0 Å². The van der Waals surface area contributed by atoms with Crippen LogP contribution in [0.5, 0.6) is 0 Å². The van der Waals surface area contributed by atoms with Crippen molar-refractivity contribution in [2.75, 3.05) is 0 Å². The molecular weight excluding hydrogens is 488 g/mol. The largest absolute Gasteiger partial charge is 0.135 e. The van der Waals surface area contributed by atoms with E-state index < -0.39 is 0 Å². The first-order valence-electron chi connectivity index (χ1n) is 15.6. The highest BCUT2D eigenvalue weighted by atomic mass is 32.1. The maximum atomic E-state index is 2.49. The second kappa shape index (κ2) is 15.8. The van der Waals surface area contributed by atoms with Gasteiger partial charge in [0.25, 0.3) is 0 Å². The van der Waals surface area contributed by atoms with Crippen molar-refractivity contribution in [3.8, 4) is 0 Å². The van der Waals surface area contributed by atoms with Gasteiger partial charge in [-0.15, -0.1) is 11.3 Å². The minimum Gasteiger partial charge on any atom is -0.135 e. The van der Waals surface area contributed by atoms with Crippen LogP contribution in [0, 0.1) is 0 Å². The van der Waals surface area contributed by atoms with E-state index >= 15 is 0 Å². The van der Waals surface area contributed by atoms with Crippen LogP contribution in [0.2, 0.25) is 0 Å². The van der Waals surface area contributed by atoms with Crippen LogP contribution in [0.1, 0.15) is 102 Å². The molecule has 0 atom stereocenters. The third-order valence-corrected chi connectivity index (χ3v) is 9.27. The van der Waals surface area contributed by atoms with Crippen LogP contribution in [-0.2, 0) is 19.3 Å². The first kappa shape index (κ1) is 29.3. The molecule has 0 amide bonds. The van der Waals surface area contributed by atoms with Gasteiger partial charge in [0, 0.05) is 20.2 Å². The Hall–Kier alpha value is -2.64. The number of benzene rings is 4. The molecule has 0 unspecified atom stereocenters. The fourth-order valence-corrected chi connectivity index (χ4v) is 7.22. The Morgan fingerprint density at radius 1 is 0.513 bits per heavy atom. The van der Waals surface area contributed by atoms with Crippen molar-refractivity contribution in [1.29, 1.82) is 0 Å².